The summed E-state index contributed by atoms with van der Waals surface area (Å²) in [5.41, 5.74) is -0.287. The van der Waals surface area contributed by atoms with Crippen LogP contribution in [0.5, 0.6) is 0 Å². The molecule has 2 unspecified atom stereocenters. The van der Waals surface area contributed by atoms with Crippen LogP contribution in [-0.4, -0.2) is 124 Å². The Morgan fingerprint density at radius 2 is 1.78 bits per heavy atom. The second kappa shape index (κ2) is 17.6. The van der Waals surface area contributed by atoms with Crippen molar-refractivity contribution >= 4 is 5.97 Å². The van der Waals surface area contributed by atoms with Gasteiger partial charge in [-0.2, -0.15) is 0 Å². The maximum atomic E-state index is 12.2. The minimum Gasteiger partial charge on any atom is -0.467 e. The lowest BCUT2D eigenvalue weighted by molar-refractivity contribution is -0.321. The first kappa shape index (κ1) is 44.3. The predicted octanol–water partition coefficient (Wildman–Crippen LogP) is 5.30. The van der Waals surface area contributed by atoms with E-state index in [2.05, 4.69) is 33.4 Å². The van der Waals surface area contributed by atoms with Gasteiger partial charge in [-0.15, -0.1) is 0 Å². The SMILES string of the molecule is C=C1[C@@H](O)[C@@H]2O[C@]3(CC[C@H](/C=C/[C@@H](C)[C@@H]4CC(C)=CC5(O[C@H](C[C@@](C)(O)C(=O)OC)CC[C@H]5O)O4)O3)CC[C@H]2O[C@@H]1[C@@H](O)C[C@H](C)[C@H]1OC2(CCCCO2)CC[C@H]1C. The van der Waals surface area contributed by atoms with Crippen LogP contribution in [0.2, 0.25) is 0 Å². The number of esters is 1. The molecule has 0 saturated carbocycles. The maximum absolute atomic E-state index is 12.2. The van der Waals surface area contributed by atoms with E-state index in [1.165, 1.54) is 14.0 Å². The number of carbonyl (C=O) groups is 1. The molecule has 0 bridgehead atoms. The van der Waals surface area contributed by atoms with Gasteiger partial charge in [0.05, 0.1) is 50.3 Å². The fourth-order valence-electron chi connectivity index (χ4n) is 10.8. The van der Waals surface area contributed by atoms with Crippen molar-refractivity contribution in [1.82, 2.24) is 0 Å². The number of hydrogen-bond acceptors (Lipinski definition) is 13. The molecule has 0 aliphatic carbocycles. The minimum absolute atomic E-state index is 0.0145. The second-order valence-corrected chi connectivity index (χ2v) is 19.1. The van der Waals surface area contributed by atoms with Crippen molar-refractivity contribution in [3.05, 3.63) is 36.0 Å². The molecule has 0 radical (unpaired) electrons. The summed E-state index contributed by atoms with van der Waals surface area (Å²) in [4.78, 5) is 12.2. The van der Waals surface area contributed by atoms with E-state index in [9.17, 15) is 25.2 Å². The summed E-state index contributed by atoms with van der Waals surface area (Å²) in [6, 6.07) is 0. The topological polar surface area (TPSA) is 172 Å². The number of methoxy groups -OCH3 is 1. The van der Waals surface area contributed by atoms with Crippen LogP contribution in [0, 0.1) is 17.8 Å². The van der Waals surface area contributed by atoms with Gasteiger partial charge in [0, 0.05) is 38.0 Å². The molecule has 58 heavy (non-hydrogen) atoms. The molecular formula is C45H70O13. The highest BCUT2D eigenvalue weighted by Gasteiger charge is 2.55. The Morgan fingerprint density at radius 1 is 1.02 bits per heavy atom. The van der Waals surface area contributed by atoms with Gasteiger partial charge in [-0.25, -0.2) is 4.79 Å². The number of carbonyl (C=O) groups excluding carboxylic acids is 1. The Balaban J connectivity index is 0.919. The van der Waals surface area contributed by atoms with Crippen LogP contribution in [0.4, 0.5) is 0 Å². The van der Waals surface area contributed by atoms with Crippen molar-refractivity contribution in [1.29, 1.82) is 0 Å². The largest absolute Gasteiger partial charge is 0.467 e. The summed E-state index contributed by atoms with van der Waals surface area (Å²) in [5, 5.41) is 45.0. The molecule has 7 rings (SSSR count). The fraction of sp³-hybridized carbons (Fsp3) is 0.844. The van der Waals surface area contributed by atoms with Gasteiger partial charge in [-0.05, 0) is 95.1 Å². The van der Waals surface area contributed by atoms with E-state index >= 15 is 0 Å². The van der Waals surface area contributed by atoms with Crippen molar-refractivity contribution in [2.75, 3.05) is 13.7 Å². The lowest BCUT2D eigenvalue weighted by Gasteiger charge is -2.50. The number of aliphatic hydroxyl groups is 4. The summed E-state index contributed by atoms with van der Waals surface area (Å²) in [6.45, 7) is 14.7. The van der Waals surface area contributed by atoms with Gasteiger partial charge in [0.2, 0.25) is 5.79 Å². The van der Waals surface area contributed by atoms with E-state index in [-0.39, 0.29) is 36.6 Å². The van der Waals surface area contributed by atoms with Crippen molar-refractivity contribution < 1.29 is 63.1 Å². The third-order valence-corrected chi connectivity index (χ3v) is 14.2. The fourth-order valence-corrected chi connectivity index (χ4v) is 10.8. The van der Waals surface area contributed by atoms with Crippen molar-refractivity contribution in [3.8, 4) is 0 Å². The van der Waals surface area contributed by atoms with Gasteiger partial charge < -0.3 is 58.3 Å². The number of aliphatic hydroxyl groups excluding tert-OH is 3. The Morgan fingerprint density at radius 3 is 2.52 bits per heavy atom. The van der Waals surface area contributed by atoms with E-state index in [1.807, 2.05) is 19.1 Å². The molecule has 7 heterocycles. The highest BCUT2D eigenvalue weighted by molar-refractivity contribution is 5.78. The van der Waals surface area contributed by atoms with Gasteiger partial charge in [-0.1, -0.05) is 45.1 Å². The van der Waals surface area contributed by atoms with Gasteiger partial charge >= 0.3 is 5.97 Å². The molecule has 328 valence electrons. The lowest BCUT2D eigenvalue weighted by atomic mass is 9.79. The van der Waals surface area contributed by atoms with E-state index in [1.54, 1.807) is 0 Å². The molecule has 13 nitrogen and oxygen atoms in total. The molecule has 7 aliphatic heterocycles. The second-order valence-electron chi connectivity index (χ2n) is 19.1. The van der Waals surface area contributed by atoms with E-state index in [4.69, 9.17) is 37.9 Å². The smallest absolute Gasteiger partial charge is 0.337 e. The van der Waals surface area contributed by atoms with Crippen LogP contribution in [0.15, 0.2) is 36.0 Å². The molecule has 7 aliphatic rings. The molecule has 0 aromatic heterocycles. The Labute approximate surface area is 344 Å². The predicted molar refractivity (Wildman–Crippen MR) is 212 cm³/mol. The number of ether oxygens (including phenoxy) is 8. The van der Waals surface area contributed by atoms with Crippen molar-refractivity contribution in [2.24, 2.45) is 17.8 Å². The number of rotatable bonds is 10. The average molecular weight is 819 g/mol. The molecule has 6 saturated heterocycles. The number of fused-ring (bicyclic) bond motifs is 1. The van der Waals surface area contributed by atoms with Crippen LogP contribution >= 0.6 is 0 Å². The molecule has 0 aromatic rings. The molecule has 4 N–H and O–H groups in total. The van der Waals surface area contributed by atoms with Crippen LogP contribution in [0.3, 0.4) is 0 Å². The zero-order chi connectivity index (χ0) is 41.6. The Hall–Kier alpha value is -1.75. The molecule has 17 atom stereocenters. The summed E-state index contributed by atoms with van der Waals surface area (Å²) in [6.07, 6.45) is 9.94. The summed E-state index contributed by atoms with van der Waals surface area (Å²) in [5.74, 6) is -3.15. The maximum Gasteiger partial charge on any atom is 0.337 e. The van der Waals surface area contributed by atoms with Crippen LogP contribution in [0.25, 0.3) is 0 Å². The quantitative estimate of drug-likeness (QED) is 0.166. The minimum atomic E-state index is -1.73. The molecular weight excluding hydrogens is 748 g/mol. The molecule has 13 heteroatoms. The van der Waals surface area contributed by atoms with Crippen molar-refractivity contribution in [3.63, 3.8) is 0 Å². The lowest BCUT2D eigenvalue weighted by Crippen LogP contribution is -2.60. The summed E-state index contributed by atoms with van der Waals surface area (Å²) in [7, 11) is 1.24. The van der Waals surface area contributed by atoms with Crippen LogP contribution in [0.1, 0.15) is 125 Å². The van der Waals surface area contributed by atoms with Gasteiger partial charge in [-0.3, -0.25) is 0 Å². The third kappa shape index (κ3) is 9.21. The summed E-state index contributed by atoms with van der Waals surface area (Å²) < 4.78 is 50.2. The van der Waals surface area contributed by atoms with Gasteiger partial charge in [0.15, 0.2) is 17.2 Å². The zero-order valence-corrected chi connectivity index (χ0v) is 35.5. The van der Waals surface area contributed by atoms with E-state index < -0.39 is 71.7 Å². The monoisotopic (exact) mass is 818 g/mol. The zero-order valence-electron chi connectivity index (χ0n) is 35.5. The van der Waals surface area contributed by atoms with Crippen LogP contribution < -0.4 is 0 Å². The highest BCUT2D eigenvalue weighted by atomic mass is 16.7. The van der Waals surface area contributed by atoms with Crippen molar-refractivity contribution in [2.45, 2.75) is 209 Å². The average Bonchev–Trinajstić information content (AvgIpc) is 3.59. The third-order valence-electron chi connectivity index (χ3n) is 14.2. The first-order valence-electron chi connectivity index (χ1n) is 22.1. The standard InChI is InChI=1S/C45H70O13/c1-26-22-35(56-45(24-26)36(47)13-12-32(55-45)25-42(6,50)41(49)51-7)27(2)10-11-31-15-19-44(54-31)20-16-34-40(58-44)37(48)30(5)39(53-34)33(46)23-29(4)38-28(3)14-18-43(57-38)17-8-9-21-52-43/h10-11,24,27-29,31-40,46-48,50H,5,8-9,12-23,25H2,1-4,6-7H3/b11-10+/t27-,28-,29+,31+,32+,33+,34-,35+,36-,37-,38+,39+,40-,42-,43?,44-,45?/m1/s1. The van der Waals surface area contributed by atoms with E-state index in [0.29, 0.717) is 56.4 Å². The molecule has 6 fully saturated rings. The Kier molecular flexibility index (Phi) is 13.4. The molecule has 3 spiro atoms. The first-order valence-corrected chi connectivity index (χ1v) is 22.1. The highest BCUT2D eigenvalue weighted by Crippen LogP contribution is 2.47. The normalized spacial score (nSPS) is 44.8. The number of hydrogen-bond donors (Lipinski definition) is 4. The van der Waals surface area contributed by atoms with Crippen LogP contribution in [-0.2, 0) is 42.7 Å². The Bertz CT molecular complexity index is 1520. The summed E-state index contributed by atoms with van der Waals surface area (Å²) >= 11 is 0. The van der Waals surface area contributed by atoms with Gasteiger partial charge in [0.25, 0.3) is 0 Å². The van der Waals surface area contributed by atoms with Gasteiger partial charge in [0.1, 0.15) is 24.4 Å². The molecule has 0 aromatic carbocycles. The molecule has 0 amide bonds. The first-order chi connectivity index (χ1) is 27.5. The van der Waals surface area contributed by atoms with E-state index in [0.717, 1.165) is 50.7 Å².